The number of nitrogens with one attached hydrogen (secondary N) is 1. The zero-order valence-electron chi connectivity index (χ0n) is 56.7. The molecular weight excluding hydrogens is 1090 g/mol. The Kier molecular flexibility index (Phi) is 61.9. The van der Waals surface area contributed by atoms with Gasteiger partial charge in [-0.1, -0.05) is 306 Å². The van der Waals surface area contributed by atoms with E-state index >= 15 is 0 Å². The SMILES string of the molecule is CCCCC/C=C\C/C=C\CCCCCCCCCCCC(=O)OCCCCCCCCCCCCCC/C=C\CCCCCCCCCCCCCCCCCC(=O)NC(COC1OC(CO)C(O)C(O)C1O)C(O)/C=C/CCCCCCCCC. The number of hydrogen-bond acceptors (Lipinski definition) is 10. The van der Waals surface area contributed by atoms with Crippen LogP contribution in [0.5, 0.6) is 0 Å². The number of hydrogen-bond donors (Lipinski definition) is 6. The van der Waals surface area contributed by atoms with E-state index in [2.05, 4.69) is 55.6 Å². The second-order valence-corrected chi connectivity index (χ2v) is 26.0. The third-order valence-corrected chi connectivity index (χ3v) is 17.7. The number of unbranched alkanes of at least 4 members (excludes halogenated alkanes) is 46. The van der Waals surface area contributed by atoms with Gasteiger partial charge in [-0.3, -0.25) is 9.59 Å². The summed E-state index contributed by atoms with van der Waals surface area (Å²) in [6, 6.07) is -0.807. The first-order valence-corrected chi connectivity index (χ1v) is 37.4. The largest absolute Gasteiger partial charge is 0.466 e. The van der Waals surface area contributed by atoms with Gasteiger partial charge in [0.05, 0.1) is 32.0 Å². The summed E-state index contributed by atoms with van der Waals surface area (Å²) in [6.45, 7) is 4.32. The van der Waals surface area contributed by atoms with Crippen molar-refractivity contribution < 1.29 is 49.3 Å². The summed E-state index contributed by atoms with van der Waals surface area (Å²) in [7, 11) is 0. The zero-order valence-corrected chi connectivity index (χ0v) is 56.7. The Bertz CT molecular complexity index is 1580. The van der Waals surface area contributed by atoms with Crippen molar-refractivity contribution in [3.63, 3.8) is 0 Å². The lowest BCUT2D eigenvalue weighted by atomic mass is 9.99. The molecule has 1 amide bonds. The molecule has 1 aliphatic heterocycles. The fourth-order valence-electron chi connectivity index (χ4n) is 11.8. The molecule has 6 N–H and O–H groups in total. The Labute approximate surface area is 536 Å². The van der Waals surface area contributed by atoms with Crippen LogP contribution in [0.15, 0.2) is 48.6 Å². The van der Waals surface area contributed by atoms with Gasteiger partial charge in [-0.15, -0.1) is 0 Å². The second kappa shape index (κ2) is 65.1. The number of aliphatic hydroxyl groups excluding tert-OH is 5. The first-order valence-electron chi connectivity index (χ1n) is 37.4. The fourth-order valence-corrected chi connectivity index (χ4v) is 11.8. The van der Waals surface area contributed by atoms with Crippen molar-refractivity contribution in [2.75, 3.05) is 19.8 Å². The number of allylic oxidation sites excluding steroid dienone is 7. The van der Waals surface area contributed by atoms with Gasteiger partial charge in [-0.2, -0.15) is 0 Å². The Morgan fingerprint density at radius 2 is 0.770 bits per heavy atom. The number of esters is 1. The van der Waals surface area contributed by atoms with Crippen LogP contribution >= 0.6 is 0 Å². The van der Waals surface area contributed by atoms with Gasteiger partial charge in [-0.25, -0.2) is 0 Å². The van der Waals surface area contributed by atoms with Crippen LogP contribution in [-0.4, -0.2) is 100 Å². The molecule has 0 bridgehead atoms. The number of carbonyl (C=O) groups is 2. The molecule has 0 spiro atoms. The summed E-state index contributed by atoms with van der Waals surface area (Å²) < 4.78 is 16.7. The van der Waals surface area contributed by atoms with E-state index in [0.717, 1.165) is 64.2 Å². The molecule has 1 heterocycles. The molecule has 7 atom stereocenters. The average Bonchev–Trinajstić information content (AvgIpc) is 3.36. The molecule has 1 fully saturated rings. The highest BCUT2D eigenvalue weighted by Gasteiger charge is 2.44. The van der Waals surface area contributed by atoms with Crippen molar-refractivity contribution in [1.82, 2.24) is 5.32 Å². The first-order chi connectivity index (χ1) is 42.7. The lowest BCUT2D eigenvalue weighted by Crippen LogP contribution is -2.60. The maximum Gasteiger partial charge on any atom is 0.305 e. The maximum atomic E-state index is 13.0. The minimum absolute atomic E-state index is 0.00613. The molecule has 0 radical (unpaired) electrons. The summed E-state index contributed by atoms with van der Waals surface area (Å²) in [4.78, 5) is 25.1. The van der Waals surface area contributed by atoms with Crippen LogP contribution in [0.3, 0.4) is 0 Å². The summed E-state index contributed by atoms with van der Waals surface area (Å²) in [5, 5.41) is 54.3. The van der Waals surface area contributed by atoms with E-state index in [1.165, 1.54) is 270 Å². The molecule has 1 aliphatic rings. The van der Waals surface area contributed by atoms with Gasteiger partial charge in [0, 0.05) is 12.8 Å². The van der Waals surface area contributed by atoms with Crippen LogP contribution in [0.4, 0.5) is 0 Å². The standard InChI is InChI=1S/C76H141NO10/c1-3-5-7-9-11-13-14-15-16-17-31-35-38-41-44-48-52-56-60-64-72(81)85-65-61-57-53-49-45-42-39-36-33-30-28-26-24-22-20-18-19-21-23-25-27-29-32-34-37-40-43-47-51-55-59-63-71(80)77-68(69(79)62-58-54-50-46-12-10-8-6-4-2)67-86-76-75(84)74(83)73(82)70(66-78)87-76/h11,13,15-16,20,22,58,62,68-70,73-76,78-79,82-84H,3-10,12,14,17-19,21,23-57,59-61,63-67H2,1-2H3,(H,77,80)/b13-11-,16-15-,22-20-,62-58+. The third kappa shape index (κ3) is 53.9. The van der Waals surface area contributed by atoms with Crippen LogP contribution in [0.1, 0.15) is 361 Å². The molecule has 0 aromatic heterocycles. The summed E-state index contributed by atoms with van der Waals surface area (Å²) in [5.74, 6) is -0.175. The van der Waals surface area contributed by atoms with E-state index in [-0.39, 0.29) is 18.5 Å². The lowest BCUT2D eigenvalue weighted by Gasteiger charge is -2.40. The summed E-state index contributed by atoms with van der Waals surface area (Å²) in [5.41, 5.74) is 0. The van der Waals surface area contributed by atoms with Crippen LogP contribution in [0.25, 0.3) is 0 Å². The van der Waals surface area contributed by atoms with Crippen molar-refractivity contribution in [1.29, 1.82) is 0 Å². The molecule has 0 aromatic carbocycles. The van der Waals surface area contributed by atoms with Gasteiger partial charge >= 0.3 is 5.97 Å². The number of aliphatic hydroxyl groups is 5. The predicted molar refractivity (Wildman–Crippen MR) is 366 cm³/mol. The summed E-state index contributed by atoms with van der Waals surface area (Å²) >= 11 is 0. The van der Waals surface area contributed by atoms with Gasteiger partial charge in [0.25, 0.3) is 0 Å². The minimum Gasteiger partial charge on any atom is -0.466 e. The molecule has 7 unspecified atom stereocenters. The molecule has 510 valence electrons. The third-order valence-electron chi connectivity index (χ3n) is 17.7. The smallest absolute Gasteiger partial charge is 0.305 e. The fraction of sp³-hybridized carbons (Fsp3) is 0.868. The van der Waals surface area contributed by atoms with E-state index in [1.54, 1.807) is 6.08 Å². The van der Waals surface area contributed by atoms with Crippen molar-refractivity contribution in [2.45, 2.75) is 403 Å². The van der Waals surface area contributed by atoms with E-state index in [9.17, 15) is 35.1 Å². The van der Waals surface area contributed by atoms with E-state index in [1.807, 2.05) is 6.08 Å². The number of ether oxygens (including phenoxy) is 3. The minimum atomic E-state index is -1.57. The molecular formula is C76H141NO10. The number of rotatable bonds is 66. The molecule has 11 heteroatoms. The second-order valence-electron chi connectivity index (χ2n) is 26.0. The van der Waals surface area contributed by atoms with Crippen molar-refractivity contribution in [2.24, 2.45) is 0 Å². The molecule has 0 saturated carbocycles. The van der Waals surface area contributed by atoms with Crippen LogP contribution in [0.2, 0.25) is 0 Å². The molecule has 11 nitrogen and oxygen atoms in total. The molecule has 87 heavy (non-hydrogen) atoms. The lowest BCUT2D eigenvalue weighted by molar-refractivity contribution is -0.302. The number of amides is 1. The predicted octanol–water partition coefficient (Wildman–Crippen LogP) is 19.5. The highest BCUT2D eigenvalue weighted by Crippen LogP contribution is 2.23. The molecule has 1 saturated heterocycles. The van der Waals surface area contributed by atoms with Crippen molar-refractivity contribution in [3.05, 3.63) is 48.6 Å². The van der Waals surface area contributed by atoms with E-state index < -0.39 is 49.5 Å². The van der Waals surface area contributed by atoms with Gasteiger partial charge in [-0.05, 0) is 89.9 Å². The molecule has 0 aromatic rings. The maximum absolute atomic E-state index is 13.0. The van der Waals surface area contributed by atoms with E-state index in [0.29, 0.717) is 19.4 Å². The molecule has 1 rings (SSSR count). The highest BCUT2D eigenvalue weighted by atomic mass is 16.7. The quantitative estimate of drug-likeness (QED) is 0.0195. The normalized spacial score (nSPS) is 18.1. The van der Waals surface area contributed by atoms with E-state index in [4.69, 9.17) is 14.2 Å². The van der Waals surface area contributed by atoms with Crippen LogP contribution in [0, 0.1) is 0 Å². The topological polar surface area (TPSA) is 175 Å². The van der Waals surface area contributed by atoms with Gasteiger partial charge < -0.3 is 45.1 Å². The van der Waals surface area contributed by atoms with Crippen LogP contribution < -0.4 is 5.32 Å². The van der Waals surface area contributed by atoms with Crippen molar-refractivity contribution >= 4 is 11.9 Å². The Hall–Kier alpha value is -2.38. The van der Waals surface area contributed by atoms with Gasteiger partial charge in [0.15, 0.2) is 6.29 Å². The monoisotopic (exact) mass is 1230 g/mol. The average molecular weight is 1230 g/mol. The van der Waals surface area contributed by atoms with Crippen molar-refractivity contribution in [3.8, 4) is 0 Å². The van der Waals surface area contributed by atoms with Crippen LogP contribution in [-0.2, 0) is 23.8 Å². The highest BCUT2D eigenvalue weighted by molar-refractivity contribution is 5.76. The van der Waals surface area contributed by atoms with Gasteiger partial charge in [0.2, 0.25) is 5.91 Å². The Morgan fingerprint density at radius 1 is 0.425 bits per heavy atom. The zero-order chi connectivity index (χ0) is 63.0. The van der Waals surface area contributed by atoms with Gasteiger partial charge in [0.1, 0.15) is 24.4 Å². The summed E-state index contributed by atoms with van der Waals surface area (Å²) in [6.07, 6.45) is 75.6. The number of carbonyl (C=O) groups excluding carboxylic acids is 2. The Balaban J connectivity index is 1.88. The molecule has 0 aliphatic carbocycles. The Morgan fingerprint density at radius 3 is 1.20 bits per heavy atom. The first kappa shape index (κ1) is 82.6.